The minimum Gasteiger partial charge on any atom is -0.404 e. The van der Waals surface area contributed by atoms with Crippen LogP contribution in [0, 0.1) is 0 Å². The van der Waals surface area contributed by atoms with Crippen LogP contribution in [0.15, 0.2) is 33.8 Å². The molecule has 0 unspecified atom stereocenters. The van der Waals surface area contributed by atoms with Crippen molar-refractivity contribution in [1.29, 1.82) is 0 Å². The molecule has 1 aromatic rings. The van der Waals surface area contributed by atoms with E-state index in [9.17, 15) is 13.6 Å². The molecule has 1 aromatic heterocycles. The lowest BCUT2D eigenvalue weighted by Crippen LogP contribution is -2.41. The average Bonchev–Trinajstić information content (AvgIpc) is 2.88. The number of nitrogen functional groups attached to an aromatic ring is 1. The molecule has 0 saturated carbocycles. The number of anilines is 1. The number of halogens is 2. The lowest BCUT2D eigenvalue weighted by molar-refractivity contribution is -0.118. The third kappa shape index (κ3) is 3.61. The fraction of sp³-hybridized carbons (Fsp3) is 0.562. The molecule has 8 nitrogen and oxygen atoms in total. The van der Waals surface area contributed by atoms with Crippen molar-refractivity contribution in [3.63, 3.8) is 0 Å². The van der Waals surface area contributed by atoms with Crippen molar-refractivity contribution in [1.82, 2.24) is 14.5 Å². The molecule has 0 aromatic carbocycles. The first kappa shape index (κ1) is 18.5. The molecule has 0 bridgehead atoms. The molecule has 2 fully saturated rings. The highest BCUT2D eigenvalue weighted by atomic mass is 19.3. The highest BCUT2D eigenvalue weighted by Gasteiger charge is 2.52. The summed E-state index contributed by atoms with van der Waals surface area (Å²) in [7, 11) is 1.68. The van der Waals surface area contributed by atoms with Gasteiger partial charge in [-0.2, -0.15) is 4.98 Å². The maximum atomic E-state index is 14.4. The van der Waals surface area contributed by atoms with E-state index in [1.54, 1.807) is 7.05 Å². The normalized spacial score (nSPS) is 29.5. The molecule has 26 heavy (non-hydrogen) atoms. The highest BCUT2D eigenvalue weighted by molar-refractivity contribution is 6.02. The Balaban J connectivity index is 1.71. The summed E-state index contributed by atoms with van der Waals surface area (Å²) in [4.78, 5) is 21.6. The Labute approximate surface area is 149 Å². The number of likely N-dealkylation sites (tertiary alicyclic amines) is 1. The van der Waals surface area contributed by atoms with Crippen LogP contribution < -0.4 is 17.2 Å². The number of piperidine rings is 1. The number of nitrogens with two attached hydrogens (primary N) is 2. The fourth-order valence-electron chi connectivity index (χ4n) is 3.37. The van der Waals surface area contributed by atoms with Crippen LogP contribution in [-0.4, -0.2) is 58.9 Å². The predicted molar refractivity (Wildman–Crippen MR) is 93.1 cm³/mol. The van der Waals surface area contributed by atoms with E-state index in [1.807, 2.05) is 4.90 Å². The second-order valence-corrected chi connectivity index (χ2v) is 6.47. The van der Waals surface area contributed by atoms with Gasteiger partial charge in [-0.1, -0.05) is 0 Å². The first-order chi connectivity index (χ1) is 12.3. The molecule has 2 aliphatic rings. The molecule has 3 rings (SSSR count). The number of hydrogen-bond donors (Lipinski definition) is 2. The van der Waals surface area contributed by atoms with Crippen molar-refractivity contribution in [3.05, 3.63) is 34.5 Å². The van der Waals surface area contributed by atoms with E-state index in [-0.39, 0.29) is 5.82 Å². The zero-order valence-corrected chi connectivity index (χ0v) is 14.4. The molecule has 10 heteroatoms. The first-order valence-electron chi connectivity index (χ1n) is 8.31. The molecule has 0 amide bonds. The number of aliphatic imine (C=N–C) groups is 1. The van der Waals surface area contributed by atoms with Gasteiger partial charge in [-0.3, -0.25) is 14.5 Å². The molecule has 0 radical (unpaired) electrons. The van der Waals surface area contributed by atoms with Crippen molar-refractivity contribution in [2.75, 3.05) is 32.4 Å². The third-order valence-electron chi connectivity index (χ3n) is 4.66. The van der Waals surface area contributed by atoms with Crippen LogP contribution in [-0.2, 0) is 4.74 Å². The maximum Gasteiger partial charge on any atom is 0.351 e. The van der Waals surface area contributed by atoms with E-state index in [2.05, 4.69) is 9.98 Å². The summed E-state index contributed by atoms with van der Waals surface area (Å²) in [5, 5.41) is 0. The van der Waals surface area contributed by atoms with Crippen molar-refractivity contribution in [2.24, 2.45) is 10.7 Å². The molecule has 2 saturated heterocycles. The van der Waals surface area contributed by atoms with Crippen LogP contribution in [0.1, 0.15) is 19.1 Å². The standard InChI is InChI=1S/C16H22F2N6O2/c1-21-12-9-23(4-2-10(12)7-19)8-11-6-16(17,18)14(26-11)24-5-3-13(20)22-15(24)25/h3,5,7,11,14H,2,4,6,8-9,19H2,1H3,(H2,20,22,25)/t11-,14+/m0/s1. The quantitative estimate of drug-likeness (QED) is 0.797. The van der Waals surface area contributed by atoms with Gasteiger partial charge in [-0.15, -0.1) is 0 Å². The van der Waals surface area contributed by atoms with Crippen LogP contribution >= 0.6 is 0 Å². The Hall–Kier alpha value is -2.33. The summed E-state index contributed by atoms with van der Waals surface area (Å²) in [6.07, 6.45) is 0.571. The summed E-state index contributed by atoms with van der Waals surface area (Å²) in [6, 6.07) is 1.30. The smallest absolute Gasteiger partial charge is 0.351 e. The van der Waals surface area contributed by atoms with Gasteiger partial charge in [0.1, 0.15) is 5.82 Å². The Morgan fingerprint density at radius 1 is 1.54 bits per heavy atom. The largest absolute Gasteiger partial charge is 0.404 e. The van der Waals surface area contributed by atoms with E-state index in [1.165, 1.54) is 18.5 Å². The lowest BCUT2D eigenvalue weighted by atomic mass is 10.0. The van der Waals surface area contributed by atoms with Gasteiger partial charge in [0.05, 0.1) is 11.8 Å². The zero-order chi connectivity index (χ0) is 18.9. The molecular formula is C16H22F2N6O2. The molecule has 0 spiro atoms. The van der Waals surface area contributed by atoms with Gasteiger partial charge in [-0.05, 0) is 24.3 Å². The SMILES string of the molecule is CN=C1CN(C[C@@H]2CC(F)(F)[C@H](n3ccc(N)nc3=O)O2)CCC1=CN. The van der Waals surface area contributed by atoms with Crippen molar-refractivity contribution in [3.8, 4) is 0 Å². The minimum absolute atomic E-state index is 0.0208. The first-order valence-corrected chi connectivity index (χ1v) is 8.31. The number of aromatic nitrogens is 2. The van der Waals surface area contributed by atoms with Gasteiger partial charge in [0, 0.05) is 39.3 Å². The summed E-state index contributed by atoms with van der Waals surface area (Å²) < 4.78 is 35.2. The summed E-state index contributed by atoms with van der Waals surface area (Å²) in [5.41, 5.74) is 12.0. The average molecular weight is 368 g/mol. The van der Waals surface area contributed by atoms with Crippen LogP contribution in [0.25, 0.3) is 0 Å². The van der Waals surface area contributed by atoms with Crippen molar-refractivity contribution >= 4 is 11.5 Å². The maximum absolute atomic E-state index is 14.4. The highest BCUT2D eigenvalue weighted by Crippen LogP contribution is 2.42. The Morgan fingerprint density at radius 3 is 2.96 bits per heavy atom. The molecule has 3 heterocycles. The van der Waals surface area contributed by atoms with Gasteiger partial charge in [-0.25, -0.2) is 13.6 Å². The van der Waals surface area contributed by atoms with Crippen LogP contribution in [0.5, 0.6) is 0 Å². The van der Waals surface area contributed by atoms with Gasteiger partial charge in [0.2, 0.25) is 6.23 Å². The fourth-order valence-corrected chi connectivity index (χ4v) is 3.37. The second-order valence-electron chi connectivity index (χ2n) is 6.47. The van der Waals surface area contributed by atoms with Gasteiger partial charge in [0.15, 0.2) is 0 Å². The summed E-state index contributed by atoms with van der Waals surface area (Å²) in [6.45, 7) is 1.53. The van der Waals surface area contributed by atoms with E-state index in [0.29, 0.717) is 26.1 Å². The number of alkyl halides is 2. The van der Waals surface area contributed by atoms with Crippen molar-refractivity contribution in [2.45, 2.75) is 31.1 Å². The number of rotatable bonds is 3. The Bertz CT molecular complexity index is 791. The number of hydrogen-bond acceptors (Lipinski definition) is 7. The van der Waals surface area contributed by atoms with Gasteiger partial charge in [0.25, 0.3) is 5.92 Å². The van der Waals surface area contributed by atoms with Crippen LogP contribution in [0.3, 0.4) is 0 Å². The molecule has 142 valence electrons. The van der Waals surface area contributed by atoms with E-state index < -0.39 is 30.4 Å². The minimum atomic E-state index is -3.17. The summed E-state index contributed by atoms with van der Waals surface area (Å²) in [5.74, 6) is -3.20. The predicted octanol–water partition coefficient (Wildman–Crippen LogP) is 0.367. The monoisotopic (exact) mass is 368 g/mol. The van der Waals surface area contributed by atoms with Crippen LogP contribution in [0.4, 0.5) is 14.6 Å². The zero-order valence-electron chi connectivity index (χ0n) is 14.4. The molecule has 0 aliphatic carbocycles. The molecule has 2 atom stereocenters. The second kappa shape index (κ2) is 7.12. The Morgan fingerprint density at radius 2 is 2.31 bits per heavy atom. The number of ether oxygens (including phenoxy) is 1. The topological polar surface area (TPSA) is 112 Å². The lowest BCUT2D eigenvalue weighted by Gasteiger charge is -2.31. The van der Waals surface area contributed by atoms with Crippen LogP contribution in [0.2, 0.25) is 0 Å². The number of nitrogens with zero attached hydrogens (tertiary/aromatic N) is 4. The van der Waals surface area contributed by atoms with Crippen molar-refractivity contribution < 1.29 is 13.5 Å². The molecule has 2 aliphatic heterocycles. The molecule has 4 N–H and O–H groups in total. The Kier molecular flexibility index (Phi) is 5.05. The van der Waals surface area contributed by atoms with E-state index in [4.69, 9.17) is 16.2 Å². The summed E-state index contributed by atoms with van der Waals surface area (Å²) >= 11 is 0. The van der Waals surface area contributed by atoms with Gasteiger partial charge < -0.3 is 16.2 Å². The van der Waals surface area contributed by atoms with Gasteiger partial charge >= 0.3 is 5.69 Å². The van der Waals surface area contributed by atoms with E-state index >= 15 is 0 Å². The van der Waals surface area contributed by atoms with E-state index in [0.717, 1.165) is 15.9 Å². The molecular weight excluding hydrogens is 346 g/mol. The third-order valence-corrected chi connectivity index (χ3v) is 4.66.